The maximum Gasteiger partial charge on any atom is 0.240 e. The van der Waals surface area contributed by atoms with Crippen LogP contribution in [0.4, 0.5) is 0 Å². The molecule has 0 aromatic heterocycles. The first-order valence-electron chi connectivity index (χ1n) is 13.2. The molecule has 2 atom stereocenters. The van der Waals surface area contributed by atoms with Crippen molar-refractivity contribution in [2.24, 2.45) is 11.5 Å². The molecular formula is C30H37IN6O3. The predicted molar refractivity (Wildman–Crippen MR) is 166 cm³/mol. The number of hydrogen-bond acceptors (Lipinski definition) is 5. The number of aromatic hydroxyl groups is 1. The number of nitrogens with two attached hydrogens (primary N) is 2. The summed E-state index contributed by atoms with van der Waals surface area (Å²) in [6, 6.07) is 24.0. The third-order valence-corrected chi connectivity index (χ3v) is 7.51. The monoisotopic (exact) mass is 656 g/mol. The molecule has 9 N–H and O–H groups in total. The smallest absolute Gasteiger partial charge is 0.240 e. The van der Waals surface area contributed by atoms with E-state index in [-0.39, 0.29) is 30.0 Å². The van der Waals surface area contributed by atoms with E-state index in [9.17, 15) is 14.7 Å². The molecule has 3 rings (SSSR count). The Labute approximate surface area is 248 Å². The highest BCUT2D eigenvalue weighted by Crippen LogP contribution is 2.27. The summed E-state index contributed by atoms with van der Waals surface area (Å²) in [6.07, 6.45) is 2.02. The van der Waals surface area contributed by atoms with Gasteiger partial charge in [0, 0.05) is 18.9 Å². The number of rotatable bonds is 15. The van der Waals surface area contributed by atoms with Crippen molar-refractivity contribution in [3.63, 3.8) is 0 Å². The average molecular weight is 657 g/mol. The fourth-order valence-electron chi connectivity index (χ4n) is 4.56. The van der Waals surface area contributed by atoms with Crippen molar-refractivity contribution in [3.05, 3.63) is 99.1 Å². The summed E-state index contributed by atoms with van der Waals surface area (Å²) in [4.78, 5) is 25.7. The summed E-state index contributed by atoms with van der Waals surface area (Å²) in [5.41, 5.74) is 14.2. The molecule has 0 spiro atoms. The second kappa shape index (κ2) is 15.8. The number of guanidine groups is 1. The van der Waals surface area contributed by atoms with Crippen molar-refractivity contribution in [3.8, 4) is 5.75 Å². The molecule has 212 valence electrons. The van der Waals surface area contributed by atoms with E-state index in [1.165, 1.54) is 11.1 Å². The second-order valence-electron chi connectivity index (χ2n) is 9.61. The van der Waals surface area contributed by atoms with E-state index in [1.807, 2.05) is 59.0 Å². The number of hydrogen-bond donors (Lipinski definition) is 7. The zero-order chi connectivity index (χ0) is 28.9. The quantitative estimate of drug-likeness (QED) is 0.0575. The molecular weight excluding hydrogens is 619 g/mol. The topological polar surface area (TPSA) is 166 Å². The first-order valence-corrected chi connectivity index (χ1v) is 14.3. The van der Waals surface area contributed by atoms with Crippen molar-refractivity contribution < 1.29 is 14.7 Å². The minimum absolute atomic E-state index is 0.125. The van der Waals surface area contributed by atoms with Gasteiger partial charge in [-0.2, -0.15) is 0 Å². The first kappa shape index (κ1) is 30.9. The van der Waals surface area contributed by atoms with Crippen molar-refractivity contribution in [2.75, 3.05) is 13.1 Å². The van der Waals surface area contributed by atoms with Crippen LogP contribution in [0.5, 0.6) is 5.75 Å². The largest absolute Gasteiger partial charge is 0.507 e. The van der Waals surface area contributed by atoms with Crippen LogP contribution in [-0.2, 0) is 16.0 Å². The zero-order valence-corrected chi connectivity index (χ0v) is 24.4. The minimum atomic E-state index is -0.908. The van der Waals surface area contributed by atoms with Crippen LogP contribution in [0.2, 0.25) is 0 Å². The van der Waals surface area contributed by atoms with Gasteiger partial charge in [0.05, 0.1) is 9.61 Å². The summed E-state index contributed by atoms with van der Waals surface area (Å²) in [5, 5.41) is 26.1. The van der Waals surface area contributed by atoms with Crippen LogP contribution < -0.4 is 27.4 Å². The molecule has 0 aliphatic heterocycles. The van der Waals surface area contributed by atoms with Gasteiger partial charge in [-0.25, -0.2) is 0 Å². The Balaban J connectivity index is 1.70. The Morgan fingerprint density at radius 1 is 0.875 bits per heavy atom. The summed E-state index contributed by atoms with van der Waals surface area (Å²) in [7, 11) is 0. The third kappa shape index (κ3) is 9.83. The maximum atomic E-state index is 13.4. The van der Waals surface area contributed by atoms with Crippen LogP contribution >= 0.6 is 22.6 Å². The summed E-state index contributed by atoms with van der Waals surface area (Å²) >= 11 is 2.01. The van der Waals surface area contributed by atoms with Crippen molar-refractivity contribution >= 4 is 40.4 Å². The van der Waals surface area contributed by atoms with Gasteiger partial charge in [0.2, 0.25) is 11.8 Å². The molecule has 0 unspecified atom stereocenters. The van der Waals surface area contributed by atoms with E-state index in [1.54, 1.807) is 18.2 Å². The Morgan fingerprint density at radius 3 is 2.05 bits per heavy atom. The van der Waals surface area contributed by atoms with Crippen LogP contribution in [-0.4, -0.2) is 48.1 Å². The molecule has 9 nitrogen and oxygen atoms in total. The fourth-order valence-corrected chi connectivity index (χ4v) is 5.14. The van der Waals surface area contributed by atoms with Gasteiger partial charge in [0.15, 0.2) is 5.96 Å². The van der Waals surface area contributed by atoms with E-state index >= 15 is 0 Å². The van der Waals surface area contributed by atoms with Gasteiger partial charge in [-0.1, -0.05) is 66.7 Å². The van der Waals surface area contributed by atoms with Crippen LogP contribution in [0.3, 0.4) is 0 Å². The Bertz CT molecular complexity index is 1220. The maximum absolute atomic E-state index is 13.4. The molecule has 3 aromatic rings. The molecule has 0 fully saturated rings. The average Bonchev–Trinajstić information content (AvgIpc) is 2.94. The molecule has 0 bridgehead atoms. The molecule has 0 heterocycles. The van der Waals surface area contributed by atoms with E-state index in [4.69, 9.17) is 16.9 Å². The summed E-state index contributed by atoms with van der Waals surface area (Å²) < 4.78 is 0.647. The second-order valence-corrected chi connectivity index (χ2v) is 10.8. The van der Waals surface area contributed by atoms with Crippen molar-refractivity contribution in [2.45, 2.75) is 43.7 Å². The summed E-state index contributed by atoms with van der Waals surface area (Å²) in [5.74, 6) is -0.789. The van der Waals surface area contributed by atoms with Gasteiger partial charge in [0.25, 0.3) is 0 Å². The van der Waals surface area contributed by atoms with Gasteiger partial charge in [0.1, 0.15) is 11.8 Å². The number of carbonyl (C=O) groups is 2. The molecule has 2 amide bonds. The molecule has 0 saturated carbocycles. The number of halogens is 1. The molecule has 0 aliphatic carbocycles. The van der Waals surface area contributed by atoms with Gasteiger partial charge in [-0.15, -0.1) is 0 Å². The predicted octanol–water partition coefficient (Wildman–Crippen LogP) is 2.95. The Hall–Kier alpha value is -3.64. The lowest BCUT2D eigenvalue weighted by atomic mass is 9.88. The minimum Gasteiger partial charge on any atom is -0.507 e. The third-order valence-electron chi connectivity index (χ3n) is 6.64. The Morgan fingerprint density at radius 2 is 1.50 bits per heavy atom. The highest BCUT2D eigenvalue weighted by molar-refractivity contribution is 14.1. The number of amides is 2. The van der Waals surface area contributed by atoms with Crippen molar-refractivity contribution in [1.29, 1.82) is 5.41 Å². The van der Waals surface area contributed by atoms with Crippen molar-refractivity contribution in [1.82, 2.24) is 16.0 Å². The van der Waals surface area contributed by atoms with Crippen LogP contribution in [0.1, 0.15) is 41.9 Å². The van der Waals surface area contributed by atoms with E-state index < -0.39 is 18.0 Å². The van der Waals surface area contributed by atoms with Crippen LogP contribution in [0.25, 0.3) is 0 Å². The standard InChI is InChI=1S/C30H37IN6O3/c31-24-18-20(13-14-27(24)38)19-26(28(32)39)37-29(40)25(12-7-16-36-30(33)34)35-17-15-23(21-8-3-1-4-9-21)22-10-5-2-6-11-22/h1-6,8-11,13-14,18,23,25-26,35,38H,7,12,15-17,19H2,(H2,32,39)(H,37,40)(H4,33,34,36)/t25-,26+/m1/s1. The number of carbonyl (C=O) groups excluding carboxylic acids is 2. The number of primary amides is 1. The highest BCUT2D eigenvalue weighted by atomic mass is 127. The van der Waals surface area contributed by atoms with Gasteiger partial charge >= 0.3 is 0 Å². The van der Waals surface area contributed by atoms with Crippen LogP contribution in [0, 0.1) is 8.98 Å². The fraction of sp³-hybridized carbons (Fsp3) is 0.300. The van der Waals surface area contributed by atoms with E-state index in [0.29, 0.717) is 29.5 Å². The highest BCUT2D eigenvalue weighted by Gasteiger charge is 2.25. The molecule has 0 radical (unpaired) electrons. The number of phenols is 1. The van der Waals surface area contributed by atoms with E-state index in [2.05, 4.69) is 40.2 Å². The lowest BCUT2D eigenvalue weighted by molar-refractivity contribution is -0.128. The summed E-state index contributed by atoms with van der Waals surface area (Å²) in [6.45, 7) is 1.01. The SMILES string of the molecule is N=C(N)NCCC[C@@H](NCCC(c1ccccc1)c1ccccc1)C(=O)N[C@@H](Cc1ccc(O)c(I)c1)C(N)=O. The lowest BCUT2D eigenvalue weighted by Crippen LogP contribution is -2.53. The van der Waals surface area contributed by atoms with Gasteiger partial charge < -0.3 is 32.5 Å². The van der Waals surface area contributed by atoms with Gasteiger partial charge in [-0.3, -0.25) is 15.0 Å². The molecule has 0 aliphatic rings. The molecule has 0 saturated heterocycles. The molecule has 40 heavy (non-hydrogen) atoms. The molecule has 10 heteroatoms. The normalized spacial score (nSPS) is 12.4. The molecule has 3 aromatic carbocycles. The van der Waals surface area contributed by atoms with Gasteiger partial charge in [-0.05, 0) is 77.2 Å². The zero-order valence-electron chi connectivity index (χ0n) is 22.3. The lowest BCUT2D eigenvalue weighted by Gasteiger charge is -2.24. The number of phenolic OH excluding ortho intramolecular Hbond substituents is 1. The Kier molecular flexibility index (Phi) is 12.2. The number of nitrogens with one attached hydrogen (secondary N) is 4. The van der Waals surface area contributed by atoms with Crippen LogP contribution in [0.15, 0.2) is 78.9 Å². The van der Waals surface area contributed by atoms with E-state index in [0.717, 1.165) is 12.0 Å². The first-order chi connectivity index (χ1) is 19.2. The number of benzene rings is 3.